The van der Waals surface area contributed by atoms with Gasteiger partial charge < -0.3 is 15.2 Å². The summed E-state index contributed by atoms with van der Waals surface area (Å²) in [6.45, 7) is 0.104. The van der Waals surface area contributed by atoms with Gasteiger partial charge in [0.25, 0.3) is 0 Å². The lowest BCUT2D eigenvalue weighted by atomic mass is 10.1. The Balaban J connectivity index is 1.47. The zero-order chi connectivity index (χ0) is 16.2. The molecule has 2 amide bonds. The van der Waals surface area contributed by atoms with Gasteiger partial charge >= 0.3 is 6.03 Å². The van der Waals surface area contributed by atoms with E-state index in [2.05, 4.69) is 20.8 Å². The van der Waals surface area contributed by atoms with Crippen LogP contribution in [0.15, 0.2) is 24.3 Å². The molecule has 3 N–H and O–H groups in total. The molecule has 1 aromatic heterocycles. The Morgan fingerprint density at radius 2 is 2.13 bits per heavy atom. The van der Waals surface area contributed by atoms with E-state index in [1.54, 1.807) is 31.4 Å². The summed E-state index contributed by atoms with van der Waals surface area (Å²) in [6, 6.07) is 6.64. The van der Waals surface area contributed by atoms with Gasteiger partial charge in [0.2, 0.25) is 5.13 Å². The van der Waals surface area contributed by atoms with Crippen LogP contribution >= 0.6 is 11.3 Å². The Bertz CT molecular complexity index is 670. The van der Waals surface area contributed by atoms with Crippen LogP contribution in [-0.4, -0.2) is 35.0 Å². The molecule has 0 spiro atoms. The van der Waals surface area contributed by atoms with Crippen molar-refractivity contribution in [3.63, 3.8) is 0 Å². The second-order valence-corrected chi connectivity index (χ2v) is 6.35. The molecule has 2 aromatic rings. The SMILES string of the molecule is COc1ccc(C(O)CNC(=O)Nc2nnc(C3CC3)s2)cc1. The second kappa shape index (κ2) is 6.93. The molecule has 7 nitrogen and oxygen atoms in total. The summed E-state index contributed by atoms with van der Waals surface area (Å²) in [7, 11) is 1.58. The molecule has 23 heavy (non-hydrogen) atoms. The summed E-state index contributed by atoms with van der Waals surface area (Å²) in [6.07, 6.45) is 1.51. The number of benzene rings is 1. The van der Waals surface area contributed by atoms with Crippen LogP contribution in [0, 0.1) is 0 Å². The summed E-state index contributed by atoms with van der Waals surface area (Å²) in [5.41, 5.74) is 0.707. The Morgan fingerprint density at radius 3 is 2.78 bits per heavy atom. The van der Waals surface area contributed by atoms with Crippen LogP contribution in [0.3, 0.4) is 0 Å². The Labute approximate surface area is 137 Å². The predicted octanol–water partition coefficient (Wildman–Crippen LogP) is 2.28. The number of anilines is 1. The first-order valence-corrected chi connectivity index (χ1v) is 8.17. The molecule has 0 bridgehead atoms. The van der Waals surface area contributed by atoms with E-state index >= 15 is 0 Å². The fraction of sp³-hybridized carbons (Fsp3) is 0.400. The summed E-state index contributed by atoms with van der Waals surface area (Å²) in [4.78, 5) is 11.8. The molecule has 1 aliphatic carbocycles. The van der Waals surface area contributed by atoms with Crippen LogP contribution in [0.1, 0.15) is 35.4 Å². The number of ether oxygens (including phenoxy) is 1. The molecule has 1 aliphatic rings. The highest BCUT2D eigenvalue weighted by Crippen LogP contribution is 2.41. The molecular formula is C15H18N4O3S. The number of nitrogens with zero attached hydrogens (tertiary/aromatic N) is 2. The van der Waals surface area contributed by atoms with E-state index < -0.39 is 12.1 Å². The van der Waals surface area contributed by atoms with Gasteiger partial charge in [-0.2, -0.15) is 0 Å². The molecule has 1 saturated carbocycles. The number of urea groups is 1. The van der Waals surface area contributed by atoms with Crippen molar-refractivity contribution < 1.29 is 14.6 Å². The van der Waals surface area contributed by atoms with Crippen LogP contribution < -0.4 is 15.4 Å². The van der Waals surface area contributed by atoms with E-state index in [0.717, 1.165) is 23.6 Å². The van der Waals surface area contributed by atoms with Gasteiger partial charge in [0, 0.05) is 12.5 Å². The van der Waals surface area contributed by atoms with Gasteiger partial charge in [-0.05, 0) is 30.5 Å². The maximum atomic E-state index is 11.8. The molecule has 1 aromatic carbocycles. The highest BCUT2D eigenvalue weighted by atomic mass is 32.1. The van der Waals surface area contributed by atoms with Gasteiger partial charge in [-0.1, -0.05) is 23.5 Å². The minimum Gasteiger partial charge on any atom is -0.497 e. The van der Waals surface area contributed by atoms with Crippen molar-refractivity contribution in [3.8, 4) is 5.75 Å². The fourth-order valence-corrected chi connectivity index (χ4v) is 2.96. The minimum absolute atomic E-state index is 0.104. The van der Waals surface area contributed by atoms with Crippen molar-refractivity contribution in [2.24, 2.45) is 0 Å². The average Bonchev–Trinajstić information content (AvgIpc) is 3.33. The molecule has 0 saturated heterocycles. The number of aromatic nitrogens is 2. The number of carbonyl (C=O) groups excluding carboxylic acids is 1. The highest BCUT2D eigenvalue weighted by Gasteiger charge is 2.27. The molecule has 3 rings (SSSR count). The maximum absolute atomic E-state index is 11.8. The number of aliphatic hydroxyl groups is 1. The summed E-state index contributed by atoms with van der Waals surface area (Å²) < 4.78 is 5.06. The van der Waals surface area contributed by atoms with Crippen LogP contribution in [0.25, 0.3) is 0 Å². The molecule has 1 fully saturated rings. The first kappa shape index (κ1) is 15.7. The van der Waals surface area contributed by atoms with Crippen molar-refractivity contribution in [2.75, 3.05) is 19.0 Å². The van der Waals surface area contributed by atoms with E-state index in [1.165, 1.54) is 11.3 Å². The zero-order valence-corrected chi connectivity index (χ0v) is 13.5. The van der Waals surface area contributed by atoms with E-state index in [-0.39, 0.29) is 6.54 Å². The number of carbonyl (C=O) groups is 1. The quantitative estimate of drug-likeness (QED) is 0.753. The smallest absolute Gasteiger partial charge is 0.321 e. The van der Waals surface area contributed by atoms with Crippen LogP contribution in [0.2, 0.25) is 0 Å². The monoisotopic (exact) mass is 334 g/mol. The van der Waals surface area contributed by atoms with Gasteiger partial charge in [-0.25, -0.2) is 4.79 Å². The number of amides is 2. The Kier molecular flexibility index (Phi) is 4.73. The molecule has 122 valence electrons. The molecular weight excluding hydrogens is 316 g/mol. The summed E-state index contributed by atoms with van der Waals surface area (Å²) in [5, 5.41) is 24.8. The number of hydrogen-bond donors (Lipinski definition) is 3. The molecule has 1 heterocycles. The lowest BCUT2D eigenvalue weighted by molar-refractivity contribution is 0.175. The number of aliphatic hydroxyl groups excluding tert-OH is 1. The molecule has 0 aliphatic heterocycles. The second-order valence-electron chi connectivity index (χ2n) is 5.34. The number of rotatable bonds is 6. The lowest BCUT2D eigenvalue weighted by Crippen LogP contribution is -2.32. The normalized spacial score (nSPS) is 15.0. The minimum atomic E-state index is -0.789. The molecule has 1 unspecified atom stereocenters. The Morgan fingerprint density at radius 1 is 1.39 bits per heavy atom. The van der Waals surface area contributed by atoms with E-state index in [9.17, 15) is 9.90 Å². The average molecular weight is 334 g/mol. The van der Waals surface area contributed by atoms with Crippen molar-refractivity contribution >= 4 is 22.5 Å². The first-order valence-electron chi connectivity index (χ1n) is 7.36. The Hall–Kier alpha value is -2.19. The van der Waals surface area contributed by atoms with Gasteiger partial charge in [-0.3, -0.25) is 5.32 Å². The summed E-state index contributed by atoms with van der Waals surface area (Å²) >= 11 is 1.40. The van der Waals surface area contributed by atoms with Gasteiger partial charge in [0.05, 0.1) is 13.2 Å². The van der Waals surface area contributed by atoms with E-state index in [0.29, 0.717) is 16.6 Å². The molecule has 0 radical (unpaired) electrons. The zero-order valence-electron chi connectivity index (χ0n) is 12.7. The van der Waals surface area contributed by atoms with Gasteiger partial charge in [0.1, 0.15) is 10.8 Å². The standard InChI is InChI=1S/C15H18N4O3S/c1-22-11-6-4-9(5-7-11)12(20)8-16-14(21)17-15-19-18-13(23-15)10-2-3-10/h4-7,10,12,20H,2-3,8H2,1H3,(H2,16,17,19,21). The topological polar surface area (TPSA) is 96.4 Å². The third-order valence-electron chi connectivity index (χ3n) is 3.54. The largest absolute Gasteiger partial charge is 0.497 e. The van der Waals surface area contributed by atoms with Crippen molar-refractivity contribution in [1.82, 2.24) is 15.5 Å². The first-order chi connectivity index (χ1) is 11.2. The van der Waals surface area contributed by atoms with Crippen molar-refractivity contribution in [3.05, 3.63) is 34.8 Å². The van der Waals surface area contributed by atoms with Crippen LogP contribution in [0.4, 0.5) is 9.93 Å². The molecule has 1 atom stereocenters. The van der Waals surface area contributed by atoms with E-state index in [1.807, 2.05) is 0 Å². The third kappa shape index (κ3) is 4.17. The van der Waals surface area contributed by atoms with Gasteiger partial charge in [-0.15, -0.1) is 10.2 Å². The maximum Gasteiger partial charge on any atom is 0.321 e. The predicted molar refractivity (Wildman–Crippen MR) is 86.9 cm³/mol. The van der Waals surface area contributed by atoms with Crippen molar-refractivity contribution in [1.29, 1.82) is 0 Å². The number of hydrogen-bond acceptors (Lipinski definition) is 6. The summed E-state index contributed by atoms with van der Waals surface area (Å²) in [5.74, 6) is 1.23. The van der Waals surface area contributed by atoms with Crippen LogP contribution in [-0.2, 0) is 0 Å². The number of methoxy groups -OCH3 is 1. The lowest BCUT2D eigenvalue weighted by Gasteiger charge is -2.12. The van der Waals surface area contributed by atoms with Crippen LogP contribution in [0.5, 0.6) is 5.75 Å². The van der Waals surface area contributed by atoms with Gasteiger partial charge in [0.15, 0.2) is 0 Å². The number of nitrogens with one attached hydrogen (secondary N) is 2. The van der Waals surface area contributed by atoms with E-state index in [4.69, 9.17) is 4.74 Å². The molecule has 8 heteroatoms. The third-order valence-corrected chi connectivity index (χ3v) is 4.55. The fourth-order valence-electron chi connectivity index (χ4n) is 2.05. The van der Waals surface area contributed by atoms with Crippen molar-refractivity contribution in [2.45, 2.75) is 24.9 Å². The highest BCUT2D eigenvalue weighted by molar-refractivity contribution is 7.15.